The minimum Gasteiger partial charge on any atom is -0.495 e. The lowest BCUT2D eigenvalue weighted by Crippen LogP contribution is -2.23. The molecule has 1 saturated carbocycles. The van der Waals surface area contributed by atoms with Gasteiger partial charge in [0.15, 0.2) is 5.16 Å². The van der Waals surface area contributed by atoms with E-state index in [0.29, 0.717) is 34.1 Å². The lowest BCUT2D eigenvalue weighted by atomic mass is 10.3. The van der Waals surface area contributed by atoms with Gasteiger partial charge >= 0.3 is 0 Å². The first-order valence-corrected chi connectivity index (χ1v) is 10.2. The summed E-state index contributed by atoms with van der Waals surface area (Å²) in [4.78, 5) is 23.8. The lowest BCUT2D eigenvalue weighted by molar-refractivity contribution is -0.118. The minimum absolute atomic E-state index is 0.191. The van der Waals surface area contributed by atoms with E-state index in [2.05, 4.69) is 15.5 Å². The third-order valence-corrected chi connectivity index (χ3v) is 5.72. The fourth-order valence-corrected chi connectivity index (χ4v) is 3.80. The Labute approximate surface area is 172 Å². The van der Waals surface area contributed by atoms with Crippen LogP contribution in [0.2, 0.25) is 5.02 Å². The van der Waals surface area contributed by atoms with E-state index in [0.717, 1.165) is 18.7 Å². The summed E-state index contributed by atoms with van der Waals surface area (Å²) < 4.78 is 7.02. The Kier molecular flexibility index (Phi) is 6.46. The molecule has 0 saturated heterocycles. The maximum Gasteiger partial charge on any atom is 0.237 e. The Morgan fingerprint density at radius 2 is 2.18 bits per heavy atom. The van der Waals surface area contributed by atoms with Crippen molar-refractivity contribution in [2.75, 3.05) is 12.4 Å². The van der Waals surface area contributed by atoms with Crippen molar-refractivity contribution < 1.29 is 14.3 Å². The molecule has 8 nitrogen and oxygen atoms in total. The number of nitrogens with one attached hydrogen (secondary N) is 1. The normalized spacial score (nSPS) is 14.5. The molecule has 1 aliphatic carbocycles. The van der Waals surface area contributed by atoms with Gasteiger partial charge in [0, 0.05) is 24.6 Å². The van der Waals surface area contributed by atoms with E-state index in [-0.39, 0.29) is 18.2 Å². The zero-order chi connectivity index (χ0) is 20.3. The molecule has 1 heterocycles. The summed E-state index contributed by atoms with van der Waals surface area (Å²) in [6.45, 7) is 2.20. The van der Waals surface area contributed by atoms with Gasteiger partial charge in [-0.05, 0) is 38.0 Å². The Morgan fingerprint density at radius 1 is 1.43 bits per heavy atom. The van der Waals surface area contributed by atoms with Crippen molar-refractivity contribution in [2.24, 2.45) is 5.73 Å². The van der Waals surface area contributed by atoms with Crippen molar-refractivity contribution in [1.82, 2.24) is 14.8 Å². The monoisotopic (exact) mass is 423 g/mol. The van der Waals surface area contributed by atoms with Crippen LogP contribution in [0.4, 0.5) is 5.69 Å². The predicted molar refractivity (Wildman–Crippen MR) is 108 cm³/mol. The van der Waals surface area contributed by atoms with E-state index in [9.17, 15) is 9.59 Å². The third-order valence-electron chi connectivity index (χ3n) is 4.34. The van der Waals surface area contributed by atoms with E-state index < -0.39 is 5.25 Å². The topological polar surface area (TPSA) is 112 Å². The molecule has 150 valence electrons. The molecule has 1 aliphatic rings. The highest BCUT2D eigenvalue weighted by Gasteiger charge is 2.31. The van der Waals surface area contributed by atoms with Gasteiger partial charge in [-0.3, -0.25) is 9.59 Å². The molecule has 0 spiro atoms. The molecular formula is C18H22ClN5O3S. The van der Waals surface area contributed by atoms with Crippen LogP contribution in [-0.4, -0.2) is 38.9 Å². The molecule has 1 aromatic carbocycles. The maximum absolute atomic E-state index is 12.6. The van der Waals surface area contributed by atoms with Crippen LogP contribution in [0.15, 0.2) is 23.4 Å². The maximum atomic E-state index is 12.6. The number of benzene rings is 1. The van der Waals surface area contributed by atoms with Gasteiger partial charge in [0.25, 0.3) is 0 Å². The molecule has 3 rings (SSSR count). The Morgan fingerprint density at radius 3 is 2.79 bits per heavy atom. The van der Waals surface area contributed by atoms with Gasteiger partial charge < -0.3 is 20.4 Å². The highest BCUT2D eigenvalue weighted by Crippen LogP contribution is 2.40. The van der Waals surface area contributed by atoms with Crippen molar-refractivity contribution in [3.63, 3.8) is 0 Å². The Bertz CT molecular complexity index is 884. The number of nitrogens with two attached hydrogens (primary N) is 1. The fourth-order valence-electron chi connectivity index (χ4n) is 2.66. The number of rotatable bonds is 9. The van der Waals surface area contributed by atoms with Gasteiger partial charge in [-0.2, -0.15) is 0 Å². The molecule has 1 fully saturated rings. The van der Waals surface area contributed by atoms with E-state index in [1.54, 1.807) is 25.1 Å². The van der Waals surface area contributed by atoms with Gasteiger partial charge in [-0.15, -0.1) is 10.2 Å². The average Bonchev–Trinajstić information content (AvgIpc) is 3.42. The Balaban J connectivity index is 1.68. The van der Waals surface area contributed by atoms with Gasteiger partial charge in [0.05, 0.1) is 17.4 Å². The minimum atomic E-state index is -0.426. The Hall–Kier alpha value is -2.26. The second kappa shape index (κ2) is 8.83. The van der Waals surface area contributed by atoms with E-state index >= 15 is 0 Å². The van der Waals surface area contributed by atoms with Crippen LogP contribution in [0.1, 0.15) is 37.9 Å². The molecule has 1 atom stereocenters. The number of primary amides is 1. The molecule has 1 unspecified atom stereocenters. The molecular weight excluding hydrogens is 402 g/mol. The van der Waals surface area contributed by atoms with Gasteiger partial charge in [-0.1, -0.05) is 23.4 Å². The number of amides is 2. The first-order valence-electron chi connectivity index (χ1n) is 8.91. The molecule has 10 heteroatoms. The smallest absolute Gasteiger partial charge is 0.237 e. The number of carbonyl (C=O) groups excluding carboxylic acids is 2. The molecule has 2 aromatic rings. The summed E-state index contributed by atoms with van der Waals surface area (Å²) in [5, 5.41) is 11.9. The molecule has 1 aromatic heterocycles. The summed E-state index contributed by atoms with van der Waals surface area (Å²) in [7, 11) is 1.53. The number of aromatic nitrogens is 3. The average molecular weight is 424 g/mol. The van der Waals surface area contributed by atoms with Gasteiger partial charge in [-0.25, -0.2) is 0 Å². The summed E-state index contributed by atoms with van der Waals surface area (Å²) in [6, 6.07) is 5.05. The second-order valence-corrected chi connectivity index (χ2v) is 8.30. The summed E-state index contributed by atoms with van der Waals surface area (Å²) in [5.74, 6) is 1.20. The quantitative estimate of drug-likeness (QED) is 0.599. The molecule has 0 radical (unpaired) electrons. The van der Waals surface area contributed by atoms with E-state index in [4.69, 9.17) is 22.1 Å². The number of ether oxygens (including phenoxy) is 1. The number of anilines is 1. The van der Waals surface area contributed by atoms with Crippen molar-refractivity contribution in [2.45, 2.75) is 49.1 Å². The number of hydrogen-bond acceptors (Lipinski definition) is 6. The zero-order valence-corrected chi connectivity index (χ0v) is 17.2. The standard InChI is InChI=1S/C18H22ClN5O3S/c1-10(17(26)21-12-5-6-14(27-2)13(19)9-12)28-18-23-22-16(11-3-4-11)24(18)8-7-15(20)25/h5-6,9-11H,3-4,7-8H2,1-2H3,(H2,20,25)(H,21,26). The number of methoxy groups -OCH3 is 1. The van der Waals surface area contributed by atoms with Crippen LogP contribution >= 0.6 is 23.4 Å². The summed E-state index contributed by atoms with van der Waals surface area (Å²) >= 11 is 7.40. The largest absolute Gasteiger partial charge is 0.495 e. The zero-order valence-electron chi connectivity index (χ0n) is 15.6. The first kappa shape index (κ1) is 20.5. The summed E-state index contributed by atoms with van der Waals surface area (Å²) in [6.07, 6.45) is 2.33. The van der Waals surface area contributed by atoms with E-state index in [1.807, 2.05) is 4.57 Å². The van der Waals surface area contributed by atoms with Crippen LogP contribution in [-0.2, 0) is 16.1 Å². The van der Waals surface area contributed by atoms with Crippen LogP contribution in [0, 0.1) is 0 Å². The van der Waals surface area contributed by atoms with Crippen LogP contribution in [0.25, 0.3) is 0 Å². The number of nitrogens with zero attached hydrogens (tertiary/aromatic N) is 3. The van der Waals surface area contributed by atoms with Crippen LogP contribution in [0.5, 0.6) is 5.75 Å². The molecule has 0 bridgehead atoms. The van der Waals surface area contributed by atoms with E-state index in [1.165, 1.54) is 18.9 Å². The van der Waals surface area contributed by atoms with Crippen molar-refractivity contribution in [3.8, 4) is 5.75 Å². The van der Waals surface area contributed by atoms with Gasteiger partial charge in [0.2, 0.25) is 11.8 Å². The van der Waals surface area contributed by atoms with Crippen LogP contribution in [0.3, 0.4) is 0 Å². The summed E-state index contributed by atoms with van der Waals surface area (Å²) in [5.41, 5.74) is 5.87. The number of carbonyl (C=O) groups is 2. The highest BCUT2D eigenvalue weighted by atomic mass is 35.5. The lowest BCUT2D eigenvalue weighted by Gasteiger charge is -2.14. The molecule has 3 N–H and O–H groups in total. The number of hydrogen-bond donors (Lipinski definition) is 2. The fraction of sp³-hybridized carbons (Fsp3) is 0.444. The van der Waals surface area contributed by atoms with Crippen LogP contribution < -0.4 is 15.8 Å². The molecule has 2 amide bonds. The van der Waals surface area contributed by atoms with Crippen molar-refractivity contribution in [1.29, 1.82) is 0 Å². The first-order chi connectivity index (χ1) is 13.4. The third kappa shape index (κ3) is 4.96. The van der Waals surface area contributed by atoms with Crippen molar-refractivity contribution >= 4 is 40.9 Å². The highest BCUT2D eigenvalue weighted by molar-refractivity contribution is 8.00. The molecule has 28 heavy (non-hydrogen) atoms. The van der Waals surface area contributed by atoms with Gasteiger partial charge in [0.1, 0.15) is 11.6 Å². The molecule has 0 aliphatic heterocycles. The number of thioether (sulfide) groups is 1. The SMILES string of the molecule is COc1ccc(NC(=O)C(C)Sc2nnc(C3CC3)n2CCC(N)=O)cc1Cl. The number of halogens is 1. The predicted octanol–water partition coefficient (Wildman–Crippen LogP) is 2.81. The van der Waals surface area contributed by atoms with Crippen molar-refractivity contribution in [3.05, 3.63) is 29.0 Å². The second-order valence-electron chi connectivity index (χ2n) is 6.58.